The summed E-state index contributed by atoms with van der Waals surface area (Å²) in [4.78, 5) is 12.8. The van der Waals surface area contributed by atoms with Gasteiger partial charge in [0.05, 0.1) is 0 Å². The molecule has 2 fully saturated rings. The Bertz CT molecular complexity index is 270. The molecule has 80 valence electrons. The van der Waals surface area contributed by atoms with Gasteiger partial charge in [-0.25, -0.2) is 8.78 Å². The fourth-order valence-corrected chi connectivity index (χ4v) is 2.47. The summed E-state index contributed by atoms with van der Waals surface area (Å²) in [5.74, 6) is -4.39. The lowest BCUT2D eigenvalue weighted by molar-refractivity contribution is -0.177. The summed E-state index contributed by atoms with van der Waals surface area (Å²) in [6, 6.07) is 0. The minimum absolute atomic E-state index is 0.00926. The normalized spacial score (nSPS) is 40.6. The number of nitrogens with zero attached hydrogens (tertiary/aromatic N) is 1. The first-order chi connectivity index (χ1) is 6.48. The number of hydrogen-bond donors (Lipinski definition) is 1. The lowest BCUT2D eigenvalue weighted by atomic mass is 9.79. The number of fused-ring (bicyclic) bond motifs is 2. The second-order valence-corrected chi connectivity index (χ2v) is 4.22. The molecule has 0 aromatic rings. The molecule has 2 aliphatic rings. The van der Waals surface area contributed by atoms with Crippen LogP contribution in [0.4, 0.5) is 8.78 Å². The molecule has 2 saturated heterocycles. The highest BCUT2D eigenvalue weighted by Crippen LogP contribution is 2.49. The Kier molecular flexibility index (Phi) is 2.03. The Hall–Kier alpha value is -0.710. The fraction of sp³-hybridized carbons (Fsp3) is 0.889. The van der Waals surface area contributed by atoms with E-state index in [-0.39, 0.29) is 19.4 Å². The number of hydrogen-bond acceptors (Lipinski definition) is 2. The van der Waals surface area contributed by atoms with Crippen LogP contribution in [-0.2, 0) is 4.79 Å². The molecule has 5 heteroatoms. The van der Waals surface area contributed by atoms with Crippen LogP contribution in [-0.4, -0.2) is 41.5 Å². The summed E-state index contributed by atoms with van der Waals surface area (Å²) < 4.78 is 27.3. The Balaban J connectivity index is 2.38. The molecular weight excluding hydrogens is 192 g/mol. The monoisotopic (exact) mass is 205 g/mol. The van der Waals surface area contributed by atoms with Crippen molar-refractivity contribution in [2.45, 2.75) is 25.2 Å². The number of rotatable bonds is 1. The second-order valence-electron chi connectivity index (χ2n) is 4.22. The van der Waals surface area contributed by atoms with Gasteiger partial charge in [-0.1, -0.05) is 0 Å². The molecule has 0 aromatic carbocycles. The van der Waals surface area contributed by atoms with Crippen molar-refractivity contribution in [1.29, 1.82) is 0 Å². The number of halogens is 2. The Labute approximate surface area is 80.7 Å². The second kappa shape index (κ2) is 2.89. The van der Waals surface area contributed by atoms with Gasteiger partial charge in [0.2, 0.25) is 0 Å². The molecule has 0 saturated carbocycles. The SMILES string of the molecule is O=C(O)C12CCN(CCCC1(F)F)C2. The van der Waals surface area contributed by atoms with Crippen LogP contribution in [0.3, 0.4) is 0 Å². The summed E-state index contributed by atoms with van der Waals surface area (Å²) >= 11 is 0. The molecule has 2 rings (SSSR count). The van der Waals surface area contributed by atoms with Gasteiger partial charge >= 0.3 is 5.97 Å². The van der Waals surface area contributed by atoms with Crippen molar-refractivity contribution in [3.8, 4) is 0 Å². The van der Waals surface area contributed by atoms with Crippen LogP contribution in [0.25, 0.3) is 0 Å². The molecular formula is C9H13F2NO2. The van der Waals surface area contributed by atoms with Crippen LogP contribution in [0.1, 0.15) is 19.3 Å². The molecule has 2 bridgehead atoms. The van der Waals surface area contributed by atoms with Crippen molar-refractivity contribution < 1.29 is 18.7 Å². The third-order valence-electron chi connectivity index (χ3n) is 3.42. The van der Waals surface area contributed by atoms with Crippen molar-refractivity contribution in [3.63, 3.8) is 0 Å². The number of aliphatic carboxylic acids is 1. The molecule has 2 heterocycles. The van der Waals surface area contributed by atoms with Crippen LogP contribution < -0.4 is 0 Å². The first-order valence-corrected chi connectivity index (χ1v) is 4.82. The van der Waals surface area contributed by atoms with E-state index < -0.39 is 17.3 Å². The van der Waals surface area contributed by atoms with Crippen molar-refractivity contribution >= 4 is 5.97 Å². The van der Waals surface area contributed by atoms with Gasteiger partial charge in [-0.05, 0) is 25.9 Å². The highest BCUT2D eigenvalue weighted by molar-refractivity contribution is 5.77. The third-order valence-corrected chi connectivity index (χ3v) is 3.42. The van der Waals surface area contributed by atoms with Crippen molar-refractivity contribution in [3.05, 3.63) is 0 Å². The minimum atomic E-state index is -3.05. The lowest BCUT2D eigenvalue weighted by Crippen LogP contribution is -2.48. The van der Waals surface area contributed by atoms with E-state index in [0.29, 0.717) is 19.5 Å². The predicted octanol–water partition coefficient (Wildman–Crippen LogP) is 1.19. The molecule has 2 aliphatic heterocycles. The van der Waals surface area contributed by atoms with E-state index in [2.05, 4.69) is 0 Å². The fourth-order valence-electron chi connectivity index (χ4n) is 2.47. The lowest BCUT2D eigenvalue weighted by Gasteiger charge is -2.31. The maximum absolute atomic E-state index is 13.7. The van der Waals surface area contributed by atoms with E-state index in [9.17, 15) is 13.6 Å². The van der Waals surface area contributed by atoms with Crippen LogP contribution in [0, 0.1) is 5.41 Å². The molecule has 1 N–H and O–H groups in total. The van der Waals surface area contributed by atoms with Crippen LogP contribution >= 0.6 is 0 Å². The van der Waals surface area contributed by atoms with E-state index in [1.54, 1.807) is 0 Å². The number of alkyl halides is 2. The minimum Gasteiger partial charge on any atom is -0.481 e. The smallest absolute Gasteiger partial charge is 0.317 e. The summed E-state index contributed by atoms with van der Waals surface area (Å²) in [5.41, 5.74) is -1.82. The molecule has 0 aliphatic carbocycles. The Morgan fingerprint density at radius 3 is 2.64 bits per heavy atom. The first kappa shape index (κ1) is 9.83. The van der Waals surface area contributed by atoms with E-state index >= 15 is 0 Å². The highest BCUT2D eigenvalue weighted by Gasteiger charge is 2.62. The van der Waals surface area contributed by atoms with Crippen LogP contribution in [0.5, 0.6) is 0 Å². The standard InChI is InChI=1S/C9H13F2NO2/c10-9(11)2-1-4-12-5-3-8(9,6-12)7(13)14/h1-6H2,(H,13,14). The number of carbonyl (C=O) groups is 1. The molecule has 3 nitrogen and oxygen atoms in total. The molecule has 2 atom stereocenters. The van der Waals surface area contributed by atoms with Crippen molar-refractivity contribution in [2.24, 2.45) is 5.41 Å². The largest absolute Gasteiger partial charge is 0.481 e. The van der Waals surface area contributed by atoms with Crippen LogP contribution in [0.15, 0.2) is 0 Å². The molecule has 0 spiro atoms. The summed E-state index contributed by atoms with van der Waals surface area (Å²) in [6.07, 6.45) is 0.174. The van der Waals surface area contributed by atoms with E-state index in [1.807, 2.05) is 4.90 Å². The van der Waals surface area contributed by atoms with E-state index in [0.717, 1.165) is 0 Å². The first-order valence-electron chi connectivity index (χ1n) is 4.82. The predicted molar refractivity (Wildman–Crippen MR) is 45.3 cm³/mol. The van der Waals surface area contributed by atoms with Gasteiger partial charge in [0.1, 0.15) is 5.41 Å². The van der Waals surface area contributed by atoms with Gasteiger partial charge in [0.15, 0.2) is 0 Å². The maximum Gasteiger partial charge on any atom is 0.317 e. The Morgan fingerprint density at radius 2 is 2.00 bits per heavy atom. The molecule has 0 amide bonds. The average Bonchev–Trinajstić information content (AvgIpc) is 2.43. The van der Waals surface area contributed by atoms with Gasteiger partial charge in [-0.2, -0.15) is 0 Å². The van der Waals surface area contributed by atoms with Crippen molar-refractivity contribution in [1.82, 2.24) is 4.90 Å². The molecule has 0 aromatic heterocycles. The van der Waals surface area contributed by atoms with Gasteiger partial charge < -0.3 is 10.0 Å². The zero-order valence-electron chi connectivity index (χ0n) is 7.80. The van der Waals surface area contributed by atoms with Gasteiger partial charge in [0.25, 0.3) is 5.92 Å². The topological polar surface area (TPSA) is 40.5 Å². The molecule has 0 radical (unpaired) electrons. The van der Waals surface area contributed by atoms with Gasteiger partial charge in [-0.15, -0.1) is 0 Å². The summed E-state index contributed by atoms with van der Waals surface area (Å²) in [7, 11) is 0. The quantitative estimate of drug-likeness (QED) is 0.699. The van der Waals surface area contributed by atoms with Crippen LogP contribution in [0.2, 0.25) is 0 Å². The van der Waals surface area contributed by atoms with Crippen molar-refractivity contribution in [2.75, 3.05) is 19.6 Å². The summed E-state index contributed by atoms with van der Waals surface area (Å²) in [5, 5.41) is 8.97. The van der Waals surface area contributed by atoms with E-state index in [4.69, 9.17) is 5.11 Å². The number of carboxylic acids is 1. The molecule has 14 heavy (non-hydrogen) atoms. The third kappa shape index (κ3) is 1.15. The average molecular weight is 205 g/mol. The summed E-state index contributed by atoms with van der Waals surface area (Å²) in [6.45, 7) is 1.10. The highest BCUT2D eigenvalue weighted by atomic mass is 19.3. The van der Waals surface area contributed by atoms with Gasteiger partial charge in [-0.3, -0.25) is 4.79 Å². The molecule has 2 unspecified atom stereocenters. The van der Waals surface area contributed by atoms with E-state index in [1.165, 1.54) is 0 Å². The zero-order valence-corrected chi connectivity index (χ0v) is 7.80. The maximum atomic E-state index is 13.7. The number of carboxylic acid groups (broad SMARTS) is 1. The van der Waals surface area contributed by atoms with Gasteiger partial charge in [0, 0.05) is 13.0 Å². The Morgan fingerprint density at radius 1 is 1.29 bits per heavy atom. The zero-order chi connectivity index (χ0) is 10.4.